The molecular weight excluding hydrogens is 474 g/mol. The molecule has 4 aromatic rings. The summed E-state index contributed by atoms with van der Waals surface area (Å²) in [5.74, 6) is 0.315. The number of ether oxygens (including phenoxy) is 2. The van der Waals surface area contributed by atoms with Gasteiger partial charge in [-0.05, 0) is 57.0 Å². The van der Waals surface area contributed by atoms with Crippen LogP contribution in [-0.2, 0) is 16.9 Å². The molecule has 0 bridgehead atoms. The van der Waals surface area contributed by atoms with E-state index < -0.39 is 5.60 Å². The molecule has 0 amide bonds. The summed E-state index contributed by atoms with van der Waals surface area (Å²) in [4.78, 5) is 20.6. The predicted molar refractivity (Wildman–Crippen MR) is 150 cm³/mol. The predicted octanol–water partition coefficient (Wildman–Crippen LogP) is 6.60. The summed E-state index contributed by atoms with van der Waals surface area (Å²) >= 11 is 0. The lowest BCUT2D eigenvalue weighted by Gasteiger charge is -2.35. The number of esters is 1. The fraction of sp³-hybridized carbons (Fsp3) is 0.375. The molecule has 1 fully saturated rings. The van der Waals surface area contributed by atoms with Crippen molar-refractivity contribution in [1.29, 1.82) is 0 Å². The number of carbonyl (C=O) groups excluding carboxylic acids is 1. The maximum absolute atomic E-state index is 13.4. The van der Waals surface area contributed by atoms with E-state index in [0.717, 1.165) is 40.0 Å². The first-order chi connectivity index (χ1) is 18.5. The maximum atomic E-state index is 13.4. The van der Waals surface area contributed by atoms with Gasteiger partial charge in [0.25, 0.3) is 0 Å². The van der Waals surface area contributed by atoms with Crippen molar-refractivity contribution < 1.29 is 14.3 Å². The van der Waals surface area contributed by atoms with Crippen molar-refractivity contribution in [3.8, 4) is 5.75 Å². The highest BCUT2D eigenvalue weighted by Gasteiger charge is 2.54. The van der Waals surface area contributed by atoms with Crippen molar-refractivity contribution in [2.24, 2.45) is 0 Å². The third kappa shape index (κ3) is 3.53. The van der Waals surface area contributed by atoms with E-state index in [0.29, 0.717) is 23.0 Å². The Labute approximate surface area is 224 Å². The molecule has 6 rings (SSSR count). The largest absolute Gasteiger partial charge is 0.496 e. The molecular formula is C32H35N3O3. The zero-order chi connectivity index (χ0) is 26.4. The molecule has 0 N–H and O–H groups in total. The topological polar surface area (TPSA) is 56.6 Å². The van der Waals surface area contributed by atoms with Crippen LogP contribution in [0.4, 0.5) is 5.69 Å². The molecule has 1 unspecified atom stereocenters. The normalized spacial score (nSPS) is 19.4. The van der Waals surface area contributed by atoms with Gasteiger partial charge in [-0.25, -0.2) is 4.79 Å². The van der Waals surface area contributed by atoms with Gasteiger partial charge in [0, 0.05) is 65.3 Å². The molecule has 2 aromatic heterocycles. The second-order valence-electron chi connectivity index (χ2n) is 10.5. The van der Waals surface area contributed by atoms with Gasteiger partial charge in [0.05, 0.1) is 12.7 Å². The zero-order valence-corrected chi connectivity index (χ0v) is 22.7. The Morgan fingerprint density at radius 1 is 1.11 bits per heavy atom. The third-order valence-electron chi connectivity index (χ3n) is 8.60. The molecule has 6 heteroatoms. The number of aryl methyl sites for hydroxylation is 1. The fourth-order valence-electron chi connectivity index (χ4n) is 6.73. The second-order valence-corrected chi connectivity index (χ2v) is 10.5. The Kier molecular flexibility index (Phi) is 6.13. The summed E-state index contributed by atoms with van der Waals surface area (Å²) < 4.78 is 14.8. The number of hydrogen-bond donors (Lipinski definition) is 0. The van der Waals surface area contributed by atoms with Crippen LogP contribution in [0, 0.1) is 6.92 Å². The quantitative estimate of drug-likeness (QED) is 0.274. The van der Waals surface area contributed by atoms with Gasteiger partial charge in [0.15, 0.2) is 0 Å². The second kappa shape index (κ2) is 9.50. The number of hydrogen-bond acceptors (Lipinski definition) is 5. The van der Waals surface area contributed by atoms with E-state index in [9.17, 15) is 4.79 Å². The average Bonchev–Trinajstić information content (AvgIpc) is 3.43. The van der Waals surface area contributed by atoms with Crippen LogP contribution in [0.3, 0.4) is 0 Å². The van der Waals surface area contributed by atoms with Gasteiger partial charge in [-0.1, -0.05) is 37.5 Å². The lowest BCUT2D eigenvalue weighted by Crippen LogP contribution is -2.34. The number of benzene rings is 2. The third-order valence-corrected chi connectivity index (χ3v) is 8.60. The monoisotopic (exact) mass is 509 g/mol. The minimum atomic E-state index is -1.23. The first-order valence-corrected chi connectivity index (χ1v) is 13.7. The molecule has 2 aromatic carbocycles. The van der Waals surface area contributed by atoms with Gasteiger partial charge in [-0.15, -0.1) is 0 Å². The van der Waals surface area contributed by atoms with Gasteiger partial charge in [0.1, 0.15) is 11.4 Å². The number of rotatable bonds is 6. The number of aromatic nitrogens is 2. The summed E-state index contributed by atoms with van der Waals surface area (Å²) in [5, 5.41) is 1.05. The number of carbonyl (C=O) groups is 1. The van der Waals surface area contributed by atoms with Crippen LogP contribution < -0.4 is 9.64 Å². The smallest absolute Gasteiger partial charge is 0.341 e. The van der Waals surface area contributed by atoms with Crippen molar-refractivity contribution in [3.63, 3.8) is 0 Å². The van der Waals surface area contributed by atoms with Crippen LogP contribution in [0.15, 0.2) is 60.8 Å². The van der Waals surface area contributed by atoms with Crippen molar-refractivity contribution in [2.45, 2.75) is 64.1 Å². The number of fused-ring (bicyclic) bond motifs is 2. The molecule has 3 heterocycles. The molecule has 6 nitrogen and oxygen atoms in total. The first-order valence-electron chi connectivity index (χ1n) is 13.7. The zero-order valence-electron chi connectivity index (χ0n) is 22.7. The van der Waals surface area contributed by atoms with Gasteiger partial charge >= 0.3 is 5.97 Å². The number of nitrogens with zero attached hydrogens (tertiary/aromatic N) is 3. The minimum absolute atomic E-state index is 0.369. The van der Waals surface area contributed by atoms with E-state index in [2.05, 4.69) is 60.7 Å². The summed E-state index contributed by atoms with van der Waals surface area (Å²) in [6.07, 6.45) is 8.00. The highest BCUT2D eigenvalue weighted by Crippen LogP contribution is 2.52. The van der Waals surface area contributed by atoms with E-state index >= 15 is 0 Å². The molecule has 0 saturated heterocycles. The standard InChI is InChI=1S/C32H35N3O3/c1-5-35-21(2)29(24-14-9-10-16-27(24)35)32(30-25(31(36)38-32)15-11-19-33-30)26-18-17-23(20-28(26)37-4)34(3)22-12-7-6-8-13-22/h9-11,14-20,22H,5-8,12-13H2,1-4H3. The average molecular weight is 510 g/mol. The Balaban J connectivity index is 1.62. The molecule has 0 radical (unpaired) electrons. The molecule has 1 saturated carbocycles. The highest BCUT2D eigenvalue weighted by molar-refractivity contribution is 5.98. The molecule has 38 heavy (non-hydrogen) atoms. The first kappa shape index (κ1) is 24.5. The van der Waals surface area contributed by atoms with Crippen LogP contribution in [0.2, 0.25) is 0 Å². The van der Waals surface area contributed by atoms with Crippen molar-refractivity contribution in [2.75, 3.05) is 19.1 Å². The maximum Gasteiger partial charge on any atom is 0.341 e. The molecule has 1 aliphatic carbocycles. The van der Waals surface area contributed by atoms with Gasteiger partial charge < -0.3 is 18.9 Å². The van der Waals surface area contributed by atoms with Crippen molar-refractivity contribution >= 4 is 22.6 Å². The fourth-order valence-corrected chi connectivity index (χ4v) is 6.73. The molecule has 0 spiro atoms. The van der Waals surface area contributed by atoms with Crippen LogP contribution in [0.1, 0.15) is 71.9 Å². The summed E-state index contributed by atoms with van der Waals surface area (Å²) in [6.45, 7) is 5.04. The van der Waals surface area contributed by atoms with E-state index in [4.69, 9.17) is 14.5 Å². The van der Waals surface area contributed by atoms with Crippen LogP contribution in [0.5, 0.6) is 5.75 Å². The lowest BCUT2D eigenvalue weighted by molar-refractivity contribution is 0.0239. The van der Waals surface area contributed by atoms with E-state index in [1.54, 1.807) is 25.4 Å². The van der Waals surface area contributed by atoms with E-state index in [1.807, 2.05) is 12.1 Å². The summed E-state index contributed by atoms with van der Waals surface area (Å²) in [5.41, 5.74) is 4.85. The lowest BCUT2D eigenvalue weighted by atomic mass is 9.80. The Hall–Kier alpha value is -3.80. The molecule has 1 atom stereocenters. The summed E-state index contributed by atoms with van der Waals surface area (Å²) in [6, 6.07) is 18.7. The van der Waals surface area contributed by atoms with Gasteiger partial charge in [-0.2, -0.15) is 0 Å². The number of cyclic esters (lactones) is 1. The van der Waals surface area contributed by atoms with Gasteiger partial charge in [0.2, 0.25) is 5.60 Å². The molecule has 1 aliphatic heterocycles. The van der Waals surface area contributed by atoms with Crippen molar-refractivity contribution in [1.82, 2.24) is 9.55 Å². The number of para-hydroxylation sites is 1. The van der Waals surface area contributed by atoms with Gasteiger partial charge in [-0.3, -0.25) is 4.98 Å². The Morgan fingerprint density at radius 2 is 1.89 bits per heavy atom. The minimum Gasteiger partial charge on any atom is -0.496 e. The van der Waals surface area contributed by atoms with E-state index in [-0.39, 0.29) is 5.97 Å². The SMILES string of the molecule is CCn1c(C)c(C2(c3ccc(N(C)C4CCCCC4)cc3OC)OC(=O)c3cccnc32)c2ccccc21. The Bertz CT molecular complexity index is 1520. The summed E-state index contributed by atoms with van der Waals surface area (Å²) in [7, 11) is 3.86. The highest BCUT2D eigenvalue weighted by atomic mass is 16.6. The number of pyridine rings is 1. The Morgan fingerprint density at radius 3 is 2.66 bits per heavy atom. The van der Waals surface area contributed by atoms with Crippen LogP contribution in [0.25, 0.3) is 10.9 Å². The van der Waals surface area contributed by atoms with Crippen LogP contribution in [-0.4, -0.2) is 35.7 Å². The van der Waals surface area contributed by atoms with Crippen LogP contribution >= 0.6 is 0 Å². The van der Waals surface area contributed by atoms with E-state index in [1.165, 1.54) is 32.1 Å². The van der Waals surface area contributed by atoms with Crippen molar-refractivity contribution in [3.05, 3.63) is 88.9 Å². The molecule has 2 aliphatic rings. The number of methoxy groups -OCH3 is 1. The number of anilines is 1. The molecule has 196 valence electrons.